The molecule has 102 valence electrons. The molecule has 0 bridgehead atoms. The second kappa shape index (κ2) is 5.88. The van der Waals surface area contributed by atoms with Gasteiger partial charge in [0.05, 0.1) is 6.04 Å². The average Bonchev–Trinajstić information content (AvgIpc) is 2.85. The van der Waals surface area contributed by atoms with Gasteiger partial charge in [0.2, 0.25) is 5.89 Å². The van der Waals surface area contributed by atoms with Gasteiger partial charge in [-0.1, -0.05) is 13.0 Å². The van der Waals surface area contributed by atoms with Crippen molar-refractivity contribution in [2.75, 3.05) is 6.54 Å². The van der Waals surface area contributed by atoms with Crippen molar-refractivity contribution >= 4 is 0 Å². The monoisotopic (exact) mass is 267 g/mol. The highest BCUT2D eigenvalue weighted by Crippen LogP contribution is 2.25. The summed E-state index contributed by atoms with van der Waals surface area (Å²) in [6.07, 6.45) is 0.966. The summed E-state index contributed by atoms with van der Waals surface area (Å²) in [5.41, 5.74) is -0.288. The zero-order chi connectivity index (χ0) is 13.8. The molecule has 4 nitrogen and oxygen atoms in total. The van der Waals surface area contributed by atoms with E-state index >= 15 is 0 Å². The van der Waals surface area contributed by atoms with Gasteiger partial charge in [-0.2, -0.15) is 0 Å². The third kappa shape index (κ3) is 2.96. The molecule has 1 aromatic heterocycles. The van der Waals surface area contributed by atoms with Crippen molar-refractivity contribution in [3.8, 4) is 11.5 Å². The molecule has 2 aromatic rings. The number of nitrogens with zero attached hydrogens (tertiary/aromatic N) is 2. The Bertz CT molecular complexity index is 536. The Morgan fingerprint density at radius 2 is 1.95 bits per heavy atom. The number of hydrogen-bond acceptors (Lipinski definition) is 4. The molecular weight excluding hydrogens is 252 g/mol. The summed E-state index contributed by atoms with van der Waals surface area (Å²) in [7, 11) is 0. The van der Waals surface area contributed by atoms with Gasteiger partial charge in [0.25, 0.3) is 5.89 Å². The predicted molar refractivity (Wildman–Crippen MR) is 66.4 cm³/mol. The van der Waals surface area contributed by atoms with Crippen LogP contribution in [-0.2, 0) is 0 Å². The number of nitrogens with one attached hydrogen (secondary N) is 1. The smallest absolute Gasteiger partial charge is 0.253 e. The molecule has 1 N–H and O–H groups in total. The van der Waals surface area contributed by atoms with Crippen LogP contribution in [-0.4, -0.2) is 16.7 Å². The number of benzene rings is 1. The van der Waals surface area contributed by atoms with Gasteiger partial charge in [-0.05, 0) is 32.0 Å². The molecule has 0 aliphatic heterocycles. The highest BCUT2D eigenvalue weighted by molar-refractivity contribution is 5.54. The topological polar surface area (TPSA) is 51.0 Å². The molecular formula is C13H15F2N3O. The quantitative estimate of drug-likeness (QED) is 0.904. The van der Waals surface area contributed by atoms with Crippen LogP contribution in [0.25, 0.3) is 11.5 Å². The van der Waals surface area contributed by atoms with E-state index in [0.29, 0.717) is 5.89 Å². The van der Waals surface area contributed by atoms with Crippen LogP contribution in [0.5, 0.6) is 0 Å². The highest BCUT2D eigenvalue weighted by Gasteiger charge is 2.19. The average molecular weight is 267 g/mol. The first kappa shape index (κ1) is 13.6. The van der Waals surface area contributed by atoms with Gasteiger partial charge < -0.3 is 9.73 Å². The van der Waals surface area contributed by atoms with Gasteiger partial charge in [0.1, 0.15) is 17.2 Å². The van der Waals surface area contributed by atoms with Crippen molar-refractivity contribution in [1.29, 1.82) is 0 Å². The summed E-state index contributed by atoms with van der Waals surface area (Å²) >= 11 is 0. The van der Waals surface area contributed by atoms with Crippen molar-refractivity contribution in [2.24, 2.45) is 0 Å². The molecule has 0 fully saturated rings. The standard InChI is InChI=1S/C13H15F2N3O/c1-3-7-16-8(2)12-17-18-13(19-12)11-9(14)5-4-6-10(11)15/h4-6,8,16H,3,7H2,1-2H3. The Balaban J connectivity index is 2.26. The third-order valence-corrected chi connectivity index (χ3v) is 2.69. The number of rotatable bonds is 5. The summed E-state index contributed by atoms with van der Waals surface area (Å²) in [6.45, 7) is 4.69. The first-order valence-electron chi connectivity index (χ1n) is 6.14. The van der Waals surface area contributed by atoms with Crippen LogP contribution in [0.4, 0.5) is 8.78 Å². The van der Waals surface area contributed by atoms with Crippen LogP contribution in [0.2, 0.25) is 0 Å². The Morgan fingerprint density at radius 1 is 1.26 bits per heavy atom. The molecule has 0 aliphatic rings. The molecule has 1 atom stereocenters. The first-order chi connectivity index (χ1) is 9.13. The Labute approximate surface area is 109 Å². The van der Waals surface area contributed by atoms with Crippen LogP contribution in [0.3, 0.4) is 0 Å². The lowest BCUT2D eigenvalue weighted by molar-refractivity contribution is 0.420. The fraction of sp³-hybridized carbons (Fsp3) is 0.385. The van der Waals surface area contributed by atoms with Gasteiger partial charge in [-0.3, -0.25) is 0 Å². The number of hydrogen-bond donors (Lipinski definition) is 1. The lowest BCUT2D eigenvalue weighted by Gasteiger charge is -2.07. The van der Waals surface area contributed by atoms with Gasteiger partial charge >= 0.3 is 0 Å². The normalized spacial score (nSPS) is 12.6. The number of aromatic nitrogens is 2. The molecule has 0 amide bonds. The minimum Gasteiger partial charge on any atom is -0.419 e. The van der Waals surface area contributed by atoms with Crippen LogP contribution in [0.15, 0.2) is 22.6 Å². The Kier molecular flexibility index (Phi) is 4.21. The van der Waals surface area contributed by atoms with Crippen molar-refractivity contribution in [2.45, 2.75) is 26.3 Å². The lowest BCUT2D eigenvalue weighted by atomic mass is 10.2. The summed E-state index contributed by atoms with van der Waals surface area (Å²) in [5, 5.41) is 10.7. The Hall–Kier alpha value is -1.82. The van der Waals surface area contributed by atoms with E-state index < -0.39 is 11.6 Å². The maximum Gasteiger partial charge on any atom is 0.253 e. The van der Waals surface area contributed by atoms with E-state index in [-0.39, 0.29) is 17.5 Å². The zero-order valence-corrected chi connectivity index (χ0v) is 10.8. The van der Waals surface area contributed by atoms with E-state index in [1.54, 1.807) is 0 Å². The zero-order valence-electron chi connectivity index (χ0n) is 10.8. The van der Waals surface area contributed by atoms with Crippen LogP contribution in [0, 0.1) is 11.6 Å². The van der Waals surface area contributed by atoms with Gasteiger partial charge in [-0.25, -0.2) is 8.78 Å². The molecule has 19 heavy (non-hydrogen) atoms. The Morgan fingerprint density at radius 3 is 2.58 bits per heavy atom. The fourth-order valence-corrected chi connectivity index (χ4v) is 1.66. The molecule has 1 aromatic carbocycles. The SMILES string of the molecule is CCCNC(C)c1nnc(-c2c(F)cccc2F)o1. The summed E-state index contributed by atoms with van der Waals surface area (Å²) in [4.78, 5) is 0. The van der Waals surface area contributed by atoms with Gasteiger partial charge in [0.15, 0.2) is 0 Å². The van der Waals surface area contributed by atoms with Crippen molar-refractivity contribution < 1.29 is 13.2 Å². The maximum atomic E-state index is 13.6. The molecule has 2 rings (SSSR count). The van der Waals surface area contributed by atoms with E-state index in [1.807, 2.05) is 13.8 Å². The first-order valence-corrected chi connectivity index (χ1v) is 6.14. The largest absolute Gasteiger partial charge is 0.419 e. The summed E-state index contributed by atoms with van der Waals surface area (Å²) in [5.74, 6) is -1.27. The van der Waals surface area contributed by atoms with Gasteiger partial charge in [0, 0.05) is 0 Å². The van der Waals surface area contributed by atoms with Crippen LogP contribution in [0.1, 0.15) is 32.2 Å². The molecule has 0 saturated carbocycles. The maximum absolute atomic E-state index is 13.6. The van der Waals surface area contributed by atoms with Gasteiger partial charge in [-0.15, -0.1) is 10.2 Å². The summed E-state index contributed by atoms with van der Waals surface area (Å²) < 4.78 is 32.5. The minimum atomic E-state index is -0.718. The molecule has 6 heteroatoms. The predicted octanol–water partition coefficient (Wildman–Crippen LogP) is 3.08. The van der Waals surface area contributed by atoms with E-state index in [0.717, 1.165) is 25.1 Å². The summed E-state index contributed by atoms with van der Waals surface area (Å²) in [6, 6.07) is 3.44. The lowest BCUT2D eigenvalue weighted by Crippen LogP contribution is -2.19. The van der Waals surface area contributed by atoms with Crippen LogP contribution >= 0.6 is 0 Å². The van der Waals surface area contributed by atoms with E-state index in [2.05, 4.69) is 15.5 Å². The molecule has 0 aliphatic carbocycles. The molecule has 0 spiro atoms. The van der Waals surface area contributed by atoms with E-state index in [9.17, 15) is 8.78 Å². The molecule has 1 unspecified atom stereocenters. The van der Waals surface area contributed by atoms with Crippen molar-refractivity contribution in [3.63, 3.8) is 0 Å². The van der Waals surface area contributed by atoms with E-state index in [1.165, 1.54) is 6.07 Å². The van der Waals surface area contributed by atoms with Crippen LogP contribution < -0.4 is 5.32 Å². The van der Waals surface area contributed by atoms with Crippen molar-refractivity contribution in [1.82, 2.24) is 15.5 Å². The van der Waals surface area contributed by atoms with Crippen molar-refractivity contribution in [3.05, 3.63) is 35.7 Å². The highest BCUT2D eigenvalue weighted by atomic mass is 19.1. The minimum absolute atomic E-state index is 0.143. The third-order valence-electron chi connectivity index (χ3n) is 2.69. The molecule has 0 radical (unpaired) electrons. The second-order valence-corrected chi connectivity index (χ2v) is 4.22. The number of halogens is 2. The molecule has 0 saturated heterocycles. The van der Waals surface area contributed by atoms with E-state index in [4.69, 9.17) is 4.42 Å². The fourth-order valence-electron chi connectivity index (χ4n) is 1.66. The molecule has 1 heterocycles. The second-order valence-electron chi connectivity index (χ2n) is 4.22.